The molecule has 3 heterocycles. The number of rotatable bonds is 0. The highest BCUT2D eigenvalue weighted by Crippen LogP contribution is 2.21. The highest BCUT2D eigenvalue weighted by molar-refractivity contribution is 5.89. The third-order valence-electron chi connectivity index (χ3n) is 3.58. The normalized spacial score (nSPS) is 11.6. The molecule has 0 N–H and O–H groups in total. The first-order valence-corrected chi connectivity index (χ1v) is 6.11. The molecule has 0 fully saturated rings. The van der Waals surface area contributed by atoms with Gasteiger partial charge < -0.3 is 4.57 Å². The summed E-state index contributed by atoms with van der Waals surface area (Å²) in [6.45, 7) is 0. The van der Waals surface area contributed by atoms with Crippen LogP contribution in [-0.4, -0.2) is 14.0 Å². The molecule has 19 heavy (non-hydrogen) atoms. The predicted molar refractivity (Wildman–Crippen MR) is 75.4 cm³/mol. The number of aryl methyl sites for hydroxylation is 1. The third-order valence-corrected chi connectivity index (χ3v) is 3.58. The van der Waals surface area contributed by atoms with Crippen molar-refractivity contribution in [3.8, 4) is 0 Å². The molecule has 4 nitrogen and oxygen atoms in total. The van der Waals surface area contributed by atoms with Gasteiger partial charge in [0.2, 0.25) is 0 Å². The molecule has 0 aliphatic heterocycles. The average Bonchev–Trinajstić information content (AvgIpc) is 2.73. The zero-order valence-electron chi connectivity index (χ0n) is 10.4. The topological polar surface area (TPSA) is 39.3 Å². The van der Waals surface area contributed by atoms with E-state index in [1.165, 1.54) is 0 Å². The number of para-hydroxylation sites is 2. The number of imidazole rings is 1. The van der Waals surface area contributed by atoms with Crippen molar-refractivity contribution in [2.75, 3.05) is 0 Å². The van der Waals surface area contributed by atoms with Crippen LogP contribution in [0, 0.1) is 0 Å². The fraction of sp³-hybridized carbons (Fsp3) is 0.0667. The highest BCUT2D eigenvalue weighted by atomic mass is 16.1. The van der Waals surface area contributed by atoms with Gasteiger partial charge in [-0.2, -0.15) is 0 Å². The van der Waals surface area contributed by atoms with Crippen LogP contribution in [0.2, 0.25) is 0 Å². The van der Waals surface area contributed by atoms with Gasteiger partial charge in [0.15, 0.2) is 5.43 Å². The van der Waals surface area contributed by atoms with Crippen LogP contribution < -0.4 is 5.43 Å². The summed E-state index contributed by atoms with van der Waals surface area (Å²) < 4.78 is 4.05. The Balaban J connectivity index is 2.47. The Kier molecular flexibility index (Phi) is 1.87. The number of pyridine rings is 2. The number of benzene rings is 1. The molecule has 0 aliphatic carbocycles. The van der Waals surface area contributed by atoms with Crippen LogP contribution in [0.1, 0.15) is 0 Å². The number of fused-ring (bicyclic) bond motifs is 5. The fourth-order valence-corrected chi connectivity index (χ4v) is 2.68. The minimum atomic E-state index is 0.00834. The van der Waals surface area contributed by atoms with E-state index in [-0.39, 0.29) is 5.43 Å². The van der Waals surface area contributed by atoms with Crippen molar-refractivity contribution in [1.82, 2.24) is 14.0 Å². The van der Waals surface area contributed by atoms with E-state index >= 15 is 0 Å². The van der Waals surface area contributed by atoms with Gasteiger partial charge in [-0.3, -0.25) is 9.20 Å². The lowest BCUT2D eigenvalue weighted by Gasteiger charge is -2.01. The lowest BCUT2D eigenvalue weighted by Crippen LogP contribution is -2.06. The Morgan fingerprint density at radius 3 is 2.68 bits per heavy atom. The highest BCUT2D eigenvalue weighted by Gasteiger charge is 2.11. The Hall–Kier alpha value is -2.62. The molecule has 0 bridgehead atoms. The molecular formula is C15H11N3O. The summed E-state index contributed by atoms with van der Waals surface area (Å²) in [5.74, 6) is 0. The van der Waals surface area contributed by atoms with E-state index in [2.05, 4.69) is 4.98 Å². The molecular weight excluding hydrogens is 238 g/mol. The maximum atomic E-state index is 12.2. The summed E-state index contributed by atoms with van der Waals surface area (Å²) >= 11 is 0. The van der Waals surface area contributed by atoms with Crippen LogP contribution in [0.25, 0.3) is 27.7 Å². The SMILES string of the molecule is Cn1c2ccccc2n2c3ncccc3c(=O)cc12. The molecule has 0 saturated heterocycles. The van der Waals surface area contributed by atoms with E-state index in [9.17, 15) is 4.79 Å². The molecule has 0 unspecified atom stereocenters. The van der Waals surface area contributed by atoms with Crippen molar-refractivity contribution in [3.05, 3.63) is 58.9 Å². The second-order valence-electron chi connectivity index (χ2n) is 4.62. The van der Waals surface area contributed by atoms with Gasteiger partial charge in [-0.25, -0.2) is 4.98 Å². The molecule has 0 spiro atoms. The van der Waals surface area contributed by atoms with Crippen LogP contribution in [0.15, 0.2) is 53.5 Å². The van der Waals surface area contributed by atoms with Crippen molar-refractivity contribution in [2.45, 2.75) is 0 Å². The lowest BCUT2D eigenvalue weighted by atomic mass is 10.2. The quantitative estimate of drug-likeness (QED) is 0.480. The molecule has 4 aromatic rings. The zero-order chi connectivity index (χ0) is 13.0. The average molecular weight is 249 g/mol. The van der Waals surface area contributed by atoms with Gasteiger partial charge in [-0.05, 0) is 24.3 Å². The predicted octanol–water partition coefficient (Wildman–Crippen LogP) is 2.34. The maximum absolute atomic E-state index is 12.2. The van der Waals surface area contributed by atoms with E-state index in [1.54, 1.807) is 18.3 Å². The van der Waals surface area contributed by atoms with Gasteiger partial charge in [-0.15, -0.1) is 0 Å². The first kappa shape index (κ1) is 10.3. The van der Waals surface area contributed by atoms with E-state index in [0.717, 1.165) is 16.7 Å². The molecule has 0 aliphatic rings. The van der Waals surface area contributed by atoms with Gasteiger partial charge in [0.1, 0.15) is 11.3 Å². The standard InChI is InChI=1S/C15H11N3O/c1-17-11-6-2-3-7-12(11)18-14(17)9-13(19)10-5-4-8-16-15(10)18/h2-9H,1H3. The number of aromatic nitrogens is 3. The van der Waals surface area contributed by atoms with Gasteiger partial charge in [0, 0.05) is 19.3 Å². The summed E-state index contributed by atoms with van der Waals surface area (Å²) in [5.41, 5.74) is 3.72. The van der Waals surface area contributed by atoms with Crippen molar-refractivity contribution in [1.29, 1.82) is 0 Å². The Morgan fingerprint density at radius 1 is 1.05 bits per heavy atom. The summed E-state index contributed by atoms with van der Waals surface area (Å²) in [4.78, 5) is 16.5. The van der Waals surface area contributed by atoms with E-state index in [4.69, 9.17) is 0 Å². The minimum absolute atomic E-state index is 0.00834. The Morgan fingerprint density at radius 2 is 1.84 bits per heavy atom. The summed E-state index contributed by atoms with van der Waals surface area (Å²) in [5, 5.41) is 0.649. The van der Waals surface area contributed by atoms with Crippen molar-refractivity contribution >= 4 is 27.7 Å². The fourth-order valence-electron chi connectivity index (χ4n) is 2.68. The van der Waals surface area contributed by atoms with E-state index in [1.807, 2.05) is 46.3 Å². The van der Waals surface area contributed by atoms with Gasteiger partial charge in [0.25, 0.3) is 0 Å². The van der Waals surface area contributed by atoms with Crippen LogP contribution in [0.4, 0.5) is 0 Å². The lowest BCUT2D eigenvalue weighted by molar-refractivity contribution is 0.987. The molecule has 4 heteroatoms. The maximum Gasteiger partial charge on any atom is 0.193 e. The second kappa shape index (κ2) is 3.45. The van der Waals surface area contributed by atoms with Gasteiger partial charge in [0.05, 0.1) is 16.4 Å². The molecule has 1 aromatic carbocycles. The van der Waals surface area contributed by atoms with Crippen molar-refractivity contribution < 1.29 is 0 Å². The second-order valence-corrected chi connectivity index (χ2v) is 4.62. The zero-order valence-corrected chi connectivity index (χ0v) is 10.4. The summed E-state index contributed by atoms with van der Waals surface area (Å²) in [6, 6.07) is 13.4. The molecule has 0 saturated carbocycles. The first-order valence-electron chi connectivity index (χ1n) is 6.11. The molecule has 0 atom stereocenters. The molecule has 3 aromatic heterocycles. The van der Waals surface area contributed by atoms with Crippen LogP contribution in [0.3, 0.4) is 0 Å². The van der Waals surface area contributed by atoms with Crippen LogP contribution in [-0.2, 0) is 7.05 Å². The smallest absolute Gasteiger partial charge is 0.193 e. The largest absolute Gasteiger partial charge is 0.329 e. The van der Waals surface area contributed by atoms with Crippen molar-refractivity contribution in [3.63, 3.8) is 0 Å². The molecule has 0 amide bonds. The summed E-state index contributed by atoms with van der Waals surface area (Å²) in [7, 11) is 1.96. The Labute approximate surface area is 108 Å². The number of nitrogens with zero attached hydrogens (tertiary/aromatic N) is 3. The van der Waals surface area contributed by atoms with Crippen molar-refractivity contribution in [2.24, 2.45) is 7.05 Å². The molecule has 92 valence electrons. The van der Waals surface area contributed by atoms with Gasteiger partial charge >= 0.3 is 0 Å². The molecule has 4 rings (SSSR count). The number of hydrogen-bond acceptors (Lipinski definition) is 2. The third kappa shape index (κ3) is 1.23. The Bertz CT molecular complexity index is 995. The number of hydrogen-bond donors (Lipinski definition) is 0. The van der Waals surface area contributed by atoms with Crippen LogP contribution >= 0.6 is 0 Å². The first-order chi connectivity index (χ1) is 9.27. The van der Waals surface area contributed by atoms with E-state index < -0.39 is 0 Å². The van der Waals surface area contributed by atoms with Gasteiger partial charge in [-0.1, -0.05) is 12.1 Å². The van der Waals surface area contributed by atoms with E-state index in [0.29, 0.717) is 11.0 Å². The summed E-state index contributed by atoms with van der Waals surface area (Å²) in [6.07, 6.45) is 1.72. The molecule has 0 radical (unpaired) electrons. The van der Waals surface area contributed by atoms with Crippen LogP contribution in [0.5, 0.6) is 0 Å². The monoisotopic (exact) mass is 249 g/mol. The minimum Gasteiger partial charge on any atom is -0.329 e.